The molecular weight excluding hydrogens is 188 g/mol. The maximum absolute atomic E-state index is 5.38. The van der Waals surface area contributed by atoms with Gasteiger partial charge in [0.2, 0.25) is 0 Å². The maximum Gasteiger partial charge on any atom is 0.0746 e. The number of nitrogens with one attached hydrogen (secondary N) is 2. The highest BCUT2D eigenvalue weighted by atomic mass is 16.5. The number of hydrogen-bond acceptors (Lipinski definition) is 3. The number of rotatable bonds is 6. The van der Waals surface area contributed by atoms with Crippen molar-refractivity contribution >= 4 is 0 Å². The third kappa shape index (κ3) is 4.96. The molecule has 3 heteroatoms. The monoisotopic (exact) mass is 214 g/mol. The van der Waals surface area contributed by atoms with Gasteiger partial charge in [-0.05, 0) is 46.6 Å². The molecule has 0 saturated carbocycles. The minimum atomic E-state index is -0.0582. The fourth-order valence-corrected chi connectivity index (χ4v) is 1.96. The molecular formula is C12H26N2O. The van der Waals surface area contributed by atoms with Crippen molar-refractivity contribution in [1.29, 1.82) is 0 Å². The molecule has 1 aliphatic rings. The second-order valence-electron chi connectivity index (χ2n) is 5.27. The zero-order chi connectivity index (χ0) is 11.3. The molecule has 90 valence electrons. The average molecular weight is 214 g/mol. The van der Waals surface area contributed by atoms with Gasteiger partial charge < -0.3 is 15.4 Å². The second-order valence-corrected chi connectivity index (χ2v) is 5.27. The lowest BCUT2D eigenvalue weighted by Crippen LogP contribution is -2.42. The summed E-state index contributed by atoms with van der Waals surface area (Å²) < 4.78 is 5.38. The standard InChI is InChI=1S/C12H26N2O/c1-10(8-11-6-5-7-13-11)14-9-12(2,3)15-4/h10-11,13-14H,5-9H2,1-4H3. The first-order valence-electron chi connectivity index (χ1n) is 6.05. The molecule has 0 spiro atoms. The minimum absolute atomic E-state index is 0.0582. The van der Waals surface area contributed by atoms with Crippen molar-refractivity contribution in [1.82, 2.24) is 10.6 Å². The van der Waals surface area contributed by atoms with E-state index in [1.54, 1.807) is 7.11 Å². The predicted octanol–water partition coefficient (Wildman–Crippen LogP) is 1.53. The smallest absolute Gasteiger partial charge is 0.0746 e. The number of hydrogen-bond donors (Lipinski definition) is 2. The van der Waals surface area contributed by atoms with Crippen molar-refractivity contribution in [2.45, 2.75) is 57.7 Å². The van der Waals surface area contributed by atoms with E-state index in [1.807, 2.05) is 0 Å². The lowest BCUT2D eigenvalue weighted by atomic mass is 10.1. The first kappa shape index (κ1) is 12.9. The molecule has 0 bridgehead atoms. The van der Waals surface area contributed by atoms with Crippen LogP contribution in [0.3, 0.4) is 0 Å². The number of ether oxygens (including phenoxy) is 1. The predicted molar refractivity (Wildman–Crippen MR) is 64.2 cm³/mol. The molecule has 0 aliphatic carbocycles. The molecule has 2 N–H and O–H groups in total. The van der Waals surface area contributed by atoms with Crippen molar-refractivity contribution < 1.29 is 4.74 Å². The Balaban J connectivity index is 2.15. The van der Waals surface area contributed by atoms with Gasteiger partial charge in [0.05, 0.1) is 5.60 Å². The SMILES string of the molecule is COC(C)(C)CNC(C)CC1CCCN1. The number of methoxy groups -OCH3 is 1. The van der Waals surface area contributed by atoms with Crippen LogP contribution in [0, 0.1) is 0 Å². The van der Waals surface area contributed by atoms with Gasteiger partial charge in [-0.15, -0.1) is 0 Å². The second kappa shape index (κ2) is 5.83. The van der Waals surface area contributed by atoms with Crippen molar-refractivity contribution in [3.05, 3.63) is 0 Å². The summed E-state index contributed by atoms with van der Waals surface area (Å²) >= 11 is 0. The van der Waals surface area contributed by atoms with E-state index in [0.29, 0.717) is 6.04 Å². The Morgan fingerprint density at radius 2 is 2.27 bits per heavy atom. The molecule has 0 aromatic heterocycles. The Morgan fingerprint density at radius 3 is 2.80 bits per heavy atom. The molecule has 0 aromatic rings. The molecule has 2 atom stereocenters. The molecule has 0 radical (unpaired) electrons. The van der Waals surface area contributed by atoms with Crippen LogP contribution in [0.15, 0.2) is 0 Å². The molecule has 1 aliphatic heterocycles. The van der Waals surface area contributed by atoms with Gasteiger partial charge in [0, 0.05) is 25.7 Å². The average Bonchev–Trinajstić information content (AvgIpc) is 2.68. The van der Waals surface area contributed by atoms with E-state index in [0.717, 1.165) is 12.6 Å². The van der Waals surface area contributed by atoms with Crippen LogP contribution in [0.4, 0.5) is 0 Å². The molecule has 3 nitrogen and oxygen atoms in total. The molecule has 1 saturated heterocycles. The Morgan fingerprint density at radius 1 is 1.53 bits per heavy atom. The van der Waals surface area contributed by atoms with Crippen LogP contribution in [-0.4, -0.2) is 37.9 Å². The summed E-state index contributed by atoms with van der Waals surface area (Å²) in [4.78, 5) is 0. The molecule has 1 rings (SSSR count). The Hall–Kier alpha value is -0.120. The Kier molecular flexibility index (Phi) is 5.03. The van der Waals surface area contributed by atoms with Crippen LogP contribution in [0.25, 0.3) is 0 Å². The third-order valence-electron chi connectivity index (χ3n) is 3.23. The van der Waals surface area contributed by atoms with Gasteiger partial charge in [0.1, 0.15) is 0 Å². The maximum atomic E-state index is 5.38. The fraction of sp³-hybridized carbons (Fsp3) is 1.00. The van der Waals surface area contributed by atoms with Crippen LogP contribution in [0.2, 0.25) is 0 Å². The summed E-state index contributed by atoms with van der Waals surface area (Å²) in [5.41, 5.74) is -0.0582. The highest BCUT2D eigenvalue weighted by molar-refractivity contribution is 4.80. The molecule has 0 aromatic carbocycles. The summed E-state index contributed by atoms with van der Waals surface area (Å²) in [5, 5.41) is 7.06. The van der Waals surface area contributed by atoms with Gasteiger partial charge in [-0.1, -0.05) is 0 Å². The Bertz CT molecular complexity index is 176. The fourth-order valence-electron chi connectivity index (χ4n) is 1.96. The minimum Gasteiger partial charge on any atom is -0.377 e. The van der Waals surface area contributed by atoms with E-state index in [-0.39, 0.29) is 5.60 Å². The van der Waals surface area contributed by atoms with E-state index < -0.39 is 0 Å². The summed E-state index contributed by atoms with van der Waals surface area (Å²) in [6.07, 6.45) is 3.89. The zero-order valence-corrected chi connectivity index (χ0v) is 10.6. The van der Waals surface area contributed by atoms with Crippen LogP contribution >= 0.6 is 0 Å². The highest BCUT2D eigenvalue weighted by Gasteiger charge is 2.20. The molecule has 2 unspecified atom stereocenters. The molecule has 1 fully saturated rings. The molecule has 15 heavy (non-hydrogen) atoms. The first-order valence-corrected chi connectivity index (χ1v) is 6.05. The topological polar surface area (TPSA) is 33.3 Å². The molecule has 0 amide bonds. The highest BCUT2D eigenvalue weighted by Crippen LogP contribution is 2.12. The van der Waals surface area contributed by atoms with E-state index >= 15 is 0 Å². The summed E-state index contributed by atoms with van der Waals surface area (Å²) in [5.74, 6) is 0. The molecule has 1 heterocycles. The lowest BCUT2D eigenvalue weighted by Gasteiger charge is -2.26. The van der Waals surface area contributed by atoms with Crippen molar-refractivity contribution in [3.8, 4) is 0 Å². The largest absolute Gasteiger partial charge is 0.377 e. The summed E-state index contributed by atoms with van der Waals surface area (Å²) in [6.45, 7) is 8.59. The van der Waals surface area contributed by atoms with Gasteiger partial charge in [-0.3, -0.25) is 0 Å². The van der Waals surface area contributed by atoms with Crippen molar-refractivity contribution in [2.24, 2.45) is 0 Å². The quantitative estimate of drug-likeness (QED) is 0.703. The van der Waals surface area contributed by atoms with E-state index in [4.69, 9.17) is 4.74 Å². The third-order valence-corrected chi connectivity index (χ3v) is 3.23. The van der Waals surface area contributed by atoms with Gasteiger partial charge in [-0.25, -0.2) is 0 Å². The van der Waals surface area contributed by atoms with Gasteiger partial charge in [0.15, 0.2) is 0 Å². The Labute approximate surface area is 94.0 Å². The van der Waals surface area contributed by atoms with Gasteiger partial charge in [0.25, 0.3) is 0 Å². The van der Waals surface area contributed by atoms with Crippen LogP contribution in [-0.2, 0) is 4.74 Å². The van der Waals surface area contributed by atoms with E-state index in [9.17, 15) is 0 Å². The van der Waals surface area contributed by atoms with Crippen LogP contribution in [0.1, 0.15) is 40.0 Å². The normalized spacial score (nSPS) is 24.4. The lowest BCUT2D eigenvalue weighted by molar-refractivity contribution is 0.0211. The van der Waals surface area contributed by atoms with Gasteiger partial charge in [-0.2, -0.15) is 0 Å². The van der Waals surface area contributed by atoms with Crippen LogP contribution in [0.5, 0.6) is 0 Å². The first-order chi connectivity index (χ1) is 7.03. The van der Waals surface area contributed by atoms with Crippen molar-refractivity contribution in [2.75, 3.05) is 20.2 Å². The van der Waals surface area contributed by atoms with Crippen LogP contribution < -0.4 is 10.6 Å². The van der Waals surface area contributed by atoms with Gasteiger partial charge >= 0.3 is 0 Å². The summed E-state index contributed by atoms with van der Waals surface area (Å²) in [6, 6.07) is 1.29. The van der Waals surface area contributed by atoms with E-state index in [1.165, 1.54) is 25.8 Å². The van der Waals surface area contributed by atoms with E-state index in [2.05, 4.69) is 31.4 Å². The zero-order valence-electron chi connectivity index (χ0n) is 10.6. The van der Waals surface area contributed by atoms with Crippen molar-refractivity contribution in [3.63, 3.8) is 0 Å². The summed E-state index contributed by atoms with van der Waals surface area (Å²) in [7, 11) is 1.77.